The summed E-state index contributed by atoms with van der Waals surface area (Å²) in [5.74, 6) is 0.621. The topological polar surface area (TPSA) is 83.6 Å². The van der Waals surface area contributed by atoms with Crippen LogP contribution in [0.1, 0.15) is 36.9 Å². The van der Waals surface area contributed by atoms with E-state index in [1.54, 1.807) is 0 Å². The summed E-state index contributed by atoms with van der Waals surface area (Å²) in [6.07, 6.45) is -1.79. The number of rotatable bonds is 6. The number of likely N-dealkylation sites (tertiary alicyclic amines) is 1. The first kappa shape index (κ1) is 20.5. The van der Waals surface area contributed by atoms with E-state index in [1.165, 1.54) is 0 Å². The SMILES string of the molecule is CCNC(=NCCc1nc(C(F)(F)F)cs1)N1CCCC(CC(N)=O)C1. The highest BCUT2D eigenvalue weighted by atomic mass is 32.1. The Bertz CT molecular complexity index is 632. The van der Waals surface area contributed by atoms with Crippen LogP contribution in [0.15, 0.2) is 10.4 Å². The Balaban J connectivity index is 1.95. The fourth-order valence-electron chi connectivity index (χ4n) is 2.95. The maximum atomic E-state index is 12.6. The molecule has 0 saturated carbocycles. The molecule has 1 saturated heterocycles. The number of nitrogens with two attached hydrogens (primary N) is 1. The zero-order valence-electron chi connectivity index (χ0n) is 14.7. The van der Waals surface area contributed by atoms with Gasteiger partial charge in [0, 0.05) is 44.4 Å². The number of hydrogen-bond acceptors (Lipinski definition) is 4. The minimum absolute atomic E-state index is 0.207. The summed E-state index contributed by atoms with van der Waals surface area (Å²) >= 11 is 0.998. The van der Waals surface area contributed by atoms with E-state index in [2.05, 4.69) is 20.2 Å². The average Bonchev–Trinajstić information content (AvgIpc) is 3.03. The number of piperidine rings is 1. The standard InChI is InChI=1S/C16H24F3N5OS/c1-2-21-15(24-7-3-4-11(9-24)8-13(20)25)22-6-5-14-23-12(10-26-14)16(17,18)19/h10-11H,2-9H2,1H3,(H2,20,25)(H,21,22). The molecular formula is C16H24F3N5OS. The van der Waals surface area contributed by atoms with Gasteiger partial charge >= 0.3 is 6.18 Å². The van der Waals surface area contributed by atoms with Crippen molar-refractivity contribution >= 4 is 23.2 Å². The smallest absolute Gasteiger partial charge is 0.370 e. The quantitative estimate of drug-likeness (QED) is 0.576. The molecule has 0 aromatic carbocycles. The zero-order valence-corrected chi connectivity index (χ0v) is 15.5. The van der Waals surface area contributed by atoms with E-state index in [1.807, 2.05) is 6.92 Å². The van der Waals surface area contributed by atoms with Crippen LogP contribution in [0.2, 0.25) is 0 Å². The van der Waals surface area contributed by atoms with Crippen molar-refractivity contribution in [2.24, 2.45) is 16.6 Å². The molecule has 1 unspecified atom stereocenters. The van der Waals surface area contributed by atoms with Gasteiger partial charge in [-0.05, 0) is 25.7 Å². The van der Waals surface area contributed by atoms with E-state index in [0.717, 1.165) is 36.1 Å². The zero-order chi connectivity index (χ0) is 19.2. The summed E-state index contributed by atoms with van der Waals surface area (Å²) in [6.45, 7) is 4.52. The van der Waals surface area contributed by atoms with Gasteiger partial charge in [0.25, 0.3) is 0 Å². The number of hydrogen-bond donors (Lipinski definition) is 2. The van der Waals surface area contributed by atoms with Crippen LogP contribution in [0.3, 0.4) is 0 Å². The van der Waals surface area contributed by atoms with Gasteiger partial charge in [0.15, 0.2) is 11.7 Å². The molecule has 1 aromatic heterocycles. The summed E-state index contributed by atoms with van der Waals surface area (Å²) in [6, 6.07) is 0. The van der Waals surface area contributed by atoms with Crippen molar-refractivity contribution in [1.29, 1.82) is 0 Å². The molecule has 1 aliphatic heterocycles. The monoisotopic (exact) mass is 391 g/mol. The molecule has 0 radical (unpaired) electrons. The predicted octanol–water partition coefficient (Wildman–Crippen LogP) is 2.26. The second-order valence-electron chi connectivity index (χ2n) is 6.23. The summed E-state index contributed by atoms with van der Waals surface area (Å²) < 4.78 is 37.8. The van der Waals surface area contributed by atoms with Gasteiger partial charge < -0.3 is 16.0 Å². The van der Waals surface area contributed by atoms with Gasteiger partial charge in [-0.2, -0.15) is 13.2 Å². The van der Waals surface area contributed by atoms with Crippen LogP contribution in [-0.4, -0.2) is 47.9 Å². The maximum absolute atomic E-state index is 12.6. The largest absolute Gasteiger partial charge is 0.434 e. The third-order valence-electron chi connectivity index (χ3n) is 4.07. The number of aromatic nitrogens is 1. The second kappa shape index (κ2) is 9.20. The lowest BCUT2D eigenvalue weighted by Crippen LogP contribution is -2.47. The molecule has 2 rings (SSSR count). The molecule has 26 heavy (non-hydrogen) atoms. The molecule has 0 spiro atoms. The number of primary amides is 1. The highest BCUT2D eigenvalue weighted by Gasteiger charge is 2.33. The van der Waals surface area contributed by atoms with Crippen LogP contribution < -0.4 is 11.1 Å². The van der Waals surface area contributed by atoms with Crippen molar-refractivity contribution < 1.29 is 18.0 Å². The molecule has 0 aliphatic carbocycles. The summed E-state index contributed by atoms with van der Waals surface area (Å²) in [4.78, 5) is 21.4. The molecule has 2 heterocycles. The Labute approximate surface area is 154 Å². The number of carbonyl (C=O) groups is 1. The lowest BCUT2D eigenvalue weighted by Gasteiger charge is -2.34. The molecule has 1 aliphatic rings. The van der Waals surface area contributed by atoms with E-state index < -0.39 is 11.9 Å². The fraction of sp³-hybridized carbons (Fsp3) is 0.688. The molecule has 1 aromatic rings. The van der Waals surface area contributed by atoms with Gasteiger partial charge in [-0.1, -0.05) is 0 Å². The maximum Gasteiger partial charge on any atom is 0.434 e. The van der Waals surface area contributed by atoms with Crippen molar-refractivity contribution in [3.63, 3.8) is 0 Å². The highest BCUT2D eigenvalue weighted by molar-refractivity contribution is 7.09. The van der Waals surface area contributed by atoms with Gasteiger partial charge in [0.1, 0.15) is 0 Å². The second-order valence-corrected chi connectivity index (χ2v) is 7.18. The Kier molecular flexibility index (Phi) is 7.24. The molecule has 146 valence electrons. The molecular weight excluding hydrogens is 367 g/mol. The van der Waals surface area contributed by atoms with E-state index >= 15 is 0 Å². The lowest BCUT2D eigenvalue weighted by atomic mass is 9.95. The molecule has 6 nitrogen and oxygen atoms in total. The van der Waals surface area contributed by atoms with Crippen LogP contribution in [0.4, 0.5) is 13.2 Å². The number of aliphatic imine (C=N–C) groups is 1. The van der Waals surface area contributed by atoms with Gasteiger partial charge in [-0.25, -0.2) is 4.98 Å². The Hall–Kier alpha value is -1.84. The van der Waals surface area contributed by atoms with E-state index in [9.17, 15) is 18.0 Å². The molecule has 1 amide bonds. The molecule has 10 heteroatoms. The predicted molar refractivity (Wildman–Crippen MR) is 94.9 cm³/mol. The minimum atomic E-state index is -4.41. The number of nitrogens with zero attached hydrogens (tertiary/aromatic N) is 3. The third-order valence-corrected chi connectivity index (χ3v) is 4.98. The van der Waals surface area contributed by atoms with Gasteiger partial charge in [-0.15, -0.1) is 11.3 Å². The first-order valence-corrected chi connectivity index (χ1v) is 9.50. The lowest BCUT2D eigenvalue weighted by molar-refractivity contribution is -0.140. The Morgan fingerprint density at radius 3 is 2.92 bits per heavy atom. The average molecular weight is 391 g/mol. The van der Waals surface area contributed by atoms with Gasteiger partial charge in [-0.3, -0.25) is 9.79 Å². The summed E-state index contributed by atoms with van der Waals surface area (Å²) in [5.41, 5.74) is 4.44. The van der Waals surface area contributed by atoms with Crippen LogP contribution in [-0.2, 0) is 17.4 Å². The van der Waals surface area contributed by atoms with Crippen molar-refractivity contribution in [3.05, 3.63) is 16.1 Å². The number of guanidine groups is 1. The van der Waals surface area contributed by atoms with E-state index in [-0.39, 0.29) is 11.8 Å². The number of halogens is 3. The Morgan fingerprint density at radius 1 is 1.54 bits per heavy atom. The highest BCUT2D eigenvalue weighted by Crippen LogP contribution is 2.30. The number of nitrogens with one attached hydrogen (secondary N) is 1. The molecule has 0 bridgehead atoms. The number of alkyl halides is 3. The third kappa shape index (κ3) is 6.15. The van der Waals surface area contributed by atoms with Crippen LogP contribution in [0.25, 0.3) is 0 Å². The summed E-state index contributed by atoms with van der Waals surface area (Å²) in [7, 11) is 0. The minimum Gasteiger partial charge on any atom is -0.370 e. The first-order valence-electron chi connectivity index (χ1n) is 8.62. The van der Waals surface area contributed by atoms with Gasteiger partial charge in [0.2, 0.25) is 5.91 Å². The first-order chi connectivity index (χ1) is 12.3. The summed E-state index contributed by atoms with van der Waals surface area (Å²) in [5, 5.41) is 4.65. The van der Waals surface area contributed by atoms with Crippen molar-refractivity contribution in [1.82, 2.24) is 15.2 Å². The number of carbonyl (C=O) groups excluding carboxylic acids is 1. The normalized spacial score (nSPS) is 18.8. The fourth-order valence-corrected chi connectivity index (χ4v) is 3.74. The van der Waals surface area contributed by atoms with Crippen LogP contribution in [0, 0.1) is 5.92 Å². The van der Waals surface area contributed by atoms with Crippen molar-refractivity contribution in [2.45, 2.75) is 38.8 Å². The number of amides is 1. The Morgan fingerprint density at radius 2 is 2.31 bits per heavy atom. The van der Waals surface area contributed by atoms with Gasteiger partial charge in [0.05, 0.1) is 5.01 Å². The van der Waals surface area contributed by atoms with Crippen LogP contribution >= 0.6 is 11.3 Å². The van der Waals surface area contributed by atoms with E-state index in [0.29, 0.717) is 43.4 Å². The van der Waals surface area contributed by atoms with Crippen molar-refractivity contribution in [2.75, 3.05) is 26.2 Å². The van der Waals surface area contributed by atoms with Crippen molar-refractivity contribution in [3.8, 4) is 0 Å². The van der Waals surface area contributed by atoms with E-state index in [4.69, 9.17) is 5.73 Å². The number of thiazole rings is 1. The molecule has 1 fully saturated rings. The molecule has 3 N–H and O–H groups in total. The molecule has 1 atom stereocenters. The van der Waals surface area contributed by atoms with Crippen LogP contribution in [0.5, 0.6) is 0 Å².